The van der Waals surface area contributed by atoms with E-state index in [4.69, 9.17) is 31.3 Å². The summed E-state index contributed by atoms with van der Waals surface area (Å²) >= 11 is 6.19. The molecule has 1 heterocycles. The average molecular weight is 419 g/mol. The molecule has 1 aromatic carbocycles. The highest BCUT2D eigenvalue weighted by molar-refractivity contribution is 6.32. The molecule has 3 N–H and O–H groups in total. The van der Waals surface area contributed by atoms with Crippen molar-refractivity contribution < 1.29 is 18.8 Å². The lowest BCUT2D eigenvalue weighted by atomic mass is 10.2. The number of aromatic nitrogens is 2. The van der Waals surface area contributed by atoms with Crippen LogP contribution in [0.4, 0.5) is 0 Å². The first-order valence-electron chi connectivity index (χ1n) is 8.21. The molecule has 150 valence electrons. The van der Waals surface area contributed by atoms with Gasteiger partial charge in [0.25, 0.3) is 0 Å². The minimum atomic E-state index is -0.0837. The highest BCUT2D eigenvalue weighted by Gasteiger charge is 2.16. The molecule has 0 bridgehead atoms. The summed E-state index contributed by atoms with van der Waals surface area (Å²) in [6, 6.07) is 3.43. The molecule has 1 atom stereocenters. The summed E-state index contributed by atoms with van der Waals surface area (Å²) in [6.07, 6.45) is 1.34. The molecular weight excluding hydrogens is 395 g/mol. The highest BCUT2D eigenvalue weighted by Crippen LogP contribution is 2.38. The Morgan fingerprint density at radius 1 is 1.37 bits per heavy atom. The highest BCUT2D eigenvalue weighted by atomic mass is 35.5. The monoisotopic (exact) mass is 418 g/mol. The SMILES string of the molecule is COc1cc(-c2noc(CCC(=O)NCCC(C)N)n2)cc(Cl)c1OC.Cl. The number of ether oxygens (including phenoxy) is 2. The number of nitrogens with two attached hydrogens (primary N) is 1. The third-order valence-corrected chi connectivity index (χ3v) is 3.93. The van der Waals surface area contributed by atoms with Crippen molar-refractivity contribution in [1.29, 1.82) is 0 Å². The number of hydrogen-bond acceptors (Lipinski definition) is 7. The van der Waals surface area contributed by atoms with E-state index in [9.17, 15) is 4.79 Å². The number of benzene rings is 1. The lowest BCUT2D eigenvalue weighted by Crippen LogP contribution is -2.29. The molecule has 0 aliphatic heterocycles. The Labute approximate surface area is 169 Å². The Morgan fingerprint density at radius 3 is 2.74 bits per heavy atom. The van der Waals surface area contributed by atoms with Gasteiger partial charge in [-0.15, -0.1) is 12.4 Å². The standard InChI is InChI=1S/C17H23ClN4O4.ClH/c1-10(19)6-7-20-14(23)4-5-15-21-17(22-26-15)11-8-12(18)16(25-3)13(9-11)24-2;/h8-10H,4-7,19H2,1-3H3,(H,20,23);1H. The lowest BCUT2D eigenvalue weighted by Gasteiger charge is -2.10. The Morgan fingerprint density at radius 2 is 2.11 bits per heavy atom. The molecule has 0 aliphatic carbocycles. The molecule has 0 spiro atoms. The number of carbonyl (C=O) groups excluding carboxylic acids is 1. The zero-order valence-electron chi connectivity index (χ0n) is 15.5. The molecular formula is C17H24Cl2N4O4. The normalized spacial score (nSPS) is 11.4. The van der Waals surface area contributed by atoms with Gasteiger partial charge in [0.2, 0.25) is 17.6 Å². The van der Waals surface area contributed by atoms with E-state index in [1.165, 1.54) is 14.2 Å². The third kappa shape index (κ3) is 6.57. The molecule has 2 aromatic rings. The second-order valence-electron chi connectivity index (χ2n) is 5.82. The third-order valence-electron chi connectivity index (χ3n) is 3.65. The average Bonchev–Trinajstić information content (AvgIpc) is 3.08. The molecule has 1 amide bonds. The maximum Gasteiger partial charge on any atom is 0.227 e. The molecule has 0 saturated heterocycles. The summed E-state index contributed by atoms with van der Waals surface area (Å²) in [4.78, 5) is 16.1. The van der Waals surface area contributed by atoms with Crippen LogP contribution < -0.4 is 20.5 Å². The summed E-state index contributed by atoms with van der Waals surface area (Å²) in [6.45, 7) is 2.45. The minimum Gasteiger partial charge on any atom is -0.493 e. The molecule has 2 rings (SSSR count). The first-order chi connectivity index (χ1) is 12.4. The zero-order valence-corrected chi connectivity index (χ0v) is 17.0. The van der Waals surface area contributed by atoms with Crippen LogP contribution in [-0.4, -0.2) is 42.9 Å². The van der Waals surface area contributed by atoms with E-state index in [1.54, 1.807) is 12.1 Å². The smallest absolute Gasteiger partial charge is 0.227 e. The van der Waals surface area contributed by atoms with Crippen LogP contribution in [0.3, 0.4) is 0 Å². The number of halogens is 2. The topological polar surface area (TPSA) is 112 Å². The molecule has 0 radical (unpaired) electrons. The number of nitrogens with zero attached hydrogens (tertiary/aromatic N) is 2. The Hall–Kier alpha value is -2.03. The van der Waals surface area contributed by atoms with Gasteiger partial charge in [-0.1, -0.05) is 16.8 Å². The maximum atomic E-state index is 11.8. The number of methoxy groups -OCH3 is 2. The van der Waals surface area contributed by atoms with Crippen LogP contribution in [0, 0.1) is 0 Å². The molecule has 10 heteroatoms. The van der Waals surface area contributed by atoms with Crippen molar-refractivity contribution in [3.8, 4) is 22.9 Å². The molecule has 1 unspecified atom stereocenters. The van der Waals surface area contributed by atoms with E-state index in [0.717, 1.165) is 6.42 Å². The summed E-state index contributed by atoms with van der Waals surface area (Å²) in [5, 5.41) is 7.11. The van der Waals surface area contributed by atoms with Crippen LogP contribution in [0.1, 0.15) is 25.7 Å². The van der Waals surface area contributed by atoms with Crippen molar-refractivity contribution in [3.63, 3.8) is 0 Å². The van der Waals surface area contributed by atoms with Crippen LogP contribution in [0.25, 0.3) is 11.4 Å². The number of aryl methyl sites for hydroxylation is 1. The predicted octanol–water partition coefficient (Wildman–Crippen LogP) is 2.62. The van der Waals surface area contributed by atoms with Crippen molar-refractivity contribution in [2.75, 3.05) is 20.8 Å². The van der Waals surface area contributed by atoms with Crippen LogP contribution >= 0.6 is 24.0 Å². The van der Waals surface area contributed by atoms with E-state index in [2.05, 4.69) is 15.5 Å². The summed E-state index contributed by atoms with van der Waals surface area (Å²) in [7, 11) is 3.03. The van der Waals surface area contributed by atoms with Gasteiger partial charge in [0.05, 0.1) is 19.2 Å². The van der Waals surface area contributed by atoms with Crippen molar-refractivity contribution in [3.05, 3.63) is 23.0 Å². The molecule has 0 fully saturated rings. The second kappa shape index (κ2) is 11.0. The van der Waals surface area contributed by atoms with E-state index >= 15 is 0 Å². The van der Waals surface area contributed by atoms with E-state index in [0.29, 0.717) is 46.8 Å². The van der Waals surface area contributed by atoms with Crippen molar-refractivity contribution in [1.82, 2.24) is 15.5 Å². The van der Waals surface area contributed by atoms with Crippen LogP contribution in [0.15, 0.2) is 16.7 Å². The van der Waals surface area contributed by atoms with Gasteiger partial charge in [-0.2, -0.15) is 4.98 Å². The van der Waals surface area contributed by atoms with Gasteiger partial charge >= 0.3 is 0 Å². The Balaban J connectivity index is 0.00000364. The first kappa shape index (κ1) is 23.0. The predicted molar refractivity (Wildman–Crippen MR) is 105 cm³/mol. The summed E-state index contributed by atoms with van der Waals surface area (Å²) < 4.78 is 15.7. The Bertz CT molecular complexity index is 753. The van der Waals surface area contributed by atoms with E-state index in [1.807, 2.05) is 6.92 Å². The molecule has 8 nitrogen and oxygen atoms in total. The first-order valence-corrected chi connectivity index (χ1v) is 8.59. The molecule has 1 aromatic heterocycles. The number of rotatable bonds is 9. The van der Waals surface area contributed by atoms with Gasteiger partial charge in [0.1, 0.15) is 0 Å². The fourth-order valence-corrected chi connectivity index (χ4v) is 2.56. The van der Waals surface area contributed by atoms with Crippen LogP contribution in [0.5, 0.6) is 11.5 Å². The van der Waals surface area contributed by atoms with Gasteiger partial charge in [0.15, 0.2) is 11.5 Å². The summed E-state index contributed by atoms with van der Waals surface area (Å²) in [5.74, 6) is 1.55. The largest absolute Gasteiger partial charge is 0.493 e. The number of carbonyl (C=O) groups is 1. The molecule has 0 saturated carbocycles. The maximum absolute atomic E-state index is 11.8. The van der Waals surface area contributed by atoms with Gasteiger partial charge in [-0.05, 0) is 25.5 Å². The summed E-state index contributed by atoms with van der Waals surface area (Å²) in [5.41, 5.74) is 6.27. The number of amides is 1. The van der Waals surface area contributed by atoms with Gasteiger partial charge in [0, 0.05) is 31.0 Å². The fourth-order valence-electron chi connectivity index (χ4n) is 2.27. The van der Waals surface area contributed by atoms with E-state index < -0.39 is 0 Å². The van der Waals surface area contributed by atoms with Crippen LogP contribution in [-0.2, 0) is 11.2 Å². The quantitative estimate of drug-likeness (QED) is 0.643. The minimum absolute atomic E-state index is 0. The number of nitrogens with one attached hydrogen (secondary N) is 1. The molecule has 27 heavy (non-hydrogen) atoms. The van der Waals surface area contributed by atoms with Crippen molar-refractivity contribution >= 4 is 29.9 Å². The van der Waals surface area contributed by atoms with Crippen molar-refractivity contribution in [2.24, 2.45) is 5.73 Å². The zero-order chi connectivity index (χ0) is 19.1. The van der Waals surface area contributed by atoms with Gasteiger partial charge in [-0.3, -0.25) is 4.79 Å². The lowest BCUT2D eigenvalue weighted by molar-refractivity contribution is -0.121. The van der Waals surface area contributed by atoms with E-state index in [-0.39, 0.29) is 30.8 Å². The van der Waals surface area contributed by atoms with Gasteiger partial charge < -0.3 is 25.0 Å². The van der Waals surface area contributed by atoms with Gasteiger partial charge in [-0.25, -0.2) is 0 Å². The molecule has 0 aliphatic rings. The Kier molecular flexibility index (Phi) is 9.34. The van der Waals surface area contributed by atoms with Crippen LogP contribution in [0.2, 0.25) is 5.02 Å². The number of hydrogen-bond donors (Lipinski definition) is 2. The van der Waals surface area contributed by atoms with Crippen molar-refractivity contribution in [2.45, 2.75) is 32.2 Å². The fraction of sp³-hybridized carbons (Fsp3) is 0.471. The second-order valence-corrected chi connectivity index (χ2v) is 6.23.